The first-order valence-electron chi connectivity index (χ1n) is 6.30. The highest BCUT2D eigenvalue weighted by Gasteiger charge is 2.26. The van der Waals surface area contributed by atoms with Gasteiger partial charge in [-0.2, -0.15) is 5.26 Å². The minimum atomic E-state index is -0.790. The van der Waals surface area contributed by atoms with Gasteiger partial charge in [0.1, 0.15) is 0 Å². The highest BCUT2D eigenvalue weighted by Crippen LogP contribution is 2.32. The van der Waals surface area contributed by atoms with Crippen LogP contribution in [0, 0.1) is 11.3 Å². The third-order valence-corrected chi connectivity index (χ3v) is 3.73. The fourth-order valence-corrected chi connectivity index (χ4v) is 2.83. The topological polar surface area (TPSA) is 64.3 Å². The number of hydrogen-bond donors (Lipinski definition) is 1. The average molecular weight is 279 g/mol. The van der Waals surface area contributed by atoms with Crippen molar-refractivity contribution in [3.8, 4) is 6.07 Å². The number of carboxylic acid groups (broad SMARTS) is 1. The summed E-state index contributed by atoms with van der Waals surface area (Å²) >= 11 is 6.20. The molecule has 1 heterocycles. The number of benzene rings is 1. The molecule has 100 valence electrons. The predicted octanol–water partition coefficient (Wildman–Crippen LogP) is 3.05. The summed E-state index contributed by atoms with van der Waals surface area (Å²) in [7, 11) is 0. The molecular weight excluding hydrogens is 264 g/mol. The third kappa shape index (κ3) is 3.18. The Bertz CT molecular complexity index is 525. The number of nitriles is 1. The van der Waals surface area contributed by atoms with Gasteiger partial charge in [-0.05, 0) is 37.5 Å². The van der Waals surface area contributed by atoms with Crippen molar-refractivity contribution in [1.29, 1.82) is 5.26 Å². The van der Waals surface area contributed by atoms with Crippen molar-refractivity contribution < 1.29 is 9.90 Å². The quantitative estimate of drug-likeness (QED) is 0.923. The third-order valence-electron chi connectivity index (χ3n) is 3.42. The Morgan fingerprint density at radius 2 is 2.32 bits per heavy atom. The molecule has 4 nitrogen and oxygen atoms in total. The number of carbonyl (C=O) groups is 1. The second-order valence-electron chi connectivity index (χ2n) is 4.72. The standard InChI is InChI=1S/C14H15ClN2O2/c15-12-7-10(9-16)4-5-13(12)17-6-2-1-3-11(17)8-14(18)19/h4-5,7,11H,1-3,6,8H2,(H,18,19). The molecule has 1 aliphatic heterocycles. The number of hydrogen-bond acceptors (Lipinski definition) is 3. The number of nitrogens with zero attached hydrogens (tertiary/aromatic N) is 2. The smallest absolute Gasteiger partial charge is 0.305 e. The molecule has 5 heteroatoms. The normalized spacial score (nSPS) is 18.9. The summed E-state index contributed by atoms with van der Waals surface area (Å²) < 4.78 is 0. The van der Waals surface area contributed by atoms with E-state index in [1.165, 1.54) is 0 Å². The number of anilines is 1. The molecule has 0 saturated carbocycles. The van der Waals surface area contributed by atoms with E-state index in [9.17, 15) is 4.79 Å². The molecule has 1 N–H and O–H groups in total. The summed E-state index contributed by atoms with van der Waals surface area (Å²) in [5.74, 6) is -0.790. The van der Waals surface area contributed by atoms with Gasteiger partial charge in [-0.1, -0.05) is 11.6 Å². The Morgan fingerprint density at radius 3 is 2.95 bits per heavy atom. The first-order valence-corrected chi connectivity index (χ1v) is 6.67. The Hall–Kier alpha value is -1.73. The van der Waals surface area contributed by atoms with E-state index in [1.54, 1.807) is 18.2 Å². The fourth-order valence-electron chi connectivity index (χ4n) is 2.54. The van der Waals surface area contributed by atoms with E-state index in [2.05, 4.69) is 4.90 Å². The van der Waals surface area contributed by atoms with Gasteiger partial charge in [0.05, 0.1) is 28.8 Å². The lowest BCUT2D eigenvalue weighted by molar-refractivity contribution is -0.137. The van der Waals surface area contributed by atoms with Crippen molar-refractivity contribution in [1.82, 2.24) is 0 Å². The van der Waals surface area contributed by atoms with E-state index in [4.69, 9.17) is 22.0 Å². The van der Waals surface area contributed by atoms with Gasteiger partial charge >= 0.3 is 5.97 Å². The van der Waals surface area contributed by atoms with Crippen molar-refractivity contribution in [2.75, 3.05) is 11.4 Å². The van der Waals surface area contributed by atoms with Crippen molar-refractivity contribution in [2.24, 2.45) is 0 Å². The molecule has 2 rings (SSSR count). The van der Waals surface area contributed by atoms with Crippen LogP contribution in [0.5, 0.6) is 0 Å². The first kappa shape index (κ1) is 13.7. The van der Waals surface area contributed by atoms with Crippen molar-refractivity contribution in [2.45, 2.75) is 31.7 Å². The lowest BCUT2D eigenvalue weighted by atomic mass is 9.98. The molecule has 1 atom stereocenters. The lowest BCUT2D eigenvalue weighted by Crippen LogP contribution is -2.41. The Balaban J connectivity index is 2.27. The zero-order valence-corrected chi connectivity index (χ0v) is 11.2. The molecule has 19 heavy (non-hydrogen) atoms. The molecule has 1 aromatic rings. The predicted molar refractivity (Wildman–Crippen MR) is 73.4 cm³/mol. The monoisotopic (exact) mass is 278 g/mol. The maximum atomic E-state index is 10.9. The fraction of sp³-hybridized carbons (Fsp3) is 0.429. The zero-order valence-electron chi connectivity index (χ0n) is 10.5. The minimum Gasteiger partial charge on any atom is -0.481 e. The second-order valence-corrected chi connectivity index (χ2v) is 5.13. The molecule has 0 radical (unpaired) electrons. The van der Waals surface area contributed by atoms with E-state index in [0.717, 1.165) is 31.5 Å². The van der Waals surface area contributed by atoms with Gasteiger partial charge in [0.15, 0.2) is 0 Å². The van der Waals surface area contributed by atoms with Crippen LogP contribution < -0.4 is 4.90 Å². The van der Waals surface area contributed by atoms with Crippen LogP contribution in [0.3, 0.4) is 0 Å². The van der Waals surface area contributed by atoms with Crippen LogP contribution in [0.15, 0.2) is 18.2 Å². The van der Waals surface area contributed by atoms with Gasteiger partial charge in [0.25, 0.3) is 0 Å². The molecule has 1 unspecified atom stereocenters. The molecule has 0 aromatic heterocycles. The van der Waals surface area contributed by atoms with Crippen LogP contribution in [0.25, 0.3) is 0 Å². The highest BCUT2D eigenvalue weighted by atomic mass is 35.5. The van der Waals surface area contributed by atoms with Gasteiger partial charge < -0.3 is 10.0 Å². The summed E-state index contributed by atoms with van der Waals surface area (Å²) in [6.07, 6.45) is 3.06. The molecular formula is C14H15ClN2O2. The molecule has 0 aliphatic carbocycles. The molecule has 1 saturated heterocycles. The maximum Gasteiger partial charge on any atom is 0.305 e. The summed E-state index contributed by atoms with van der Waals surface area (Å²) in [6.45, 7) is 0.809. The van der Waals surface area contributed by atoms with Crippen LogP contribution in [0.4, 0.5) is 5.69 Å². The van der Waals surface area contributed by atoms with Crippen LogP contribution in [0.1, 0.15) is 31.2 Å². The van der Waals surface area contributed by atoms with E-state index >= 15 is 0 Å². The van der Waals surface area contributed by atoms with Gasteiger partial charge in [0, 0.05) is 12.6 Å². The van der Waals surface area contributed by atoms with E-state index in [-0.39, 0.29) is 12.5 Å². The molecule has 0 spiro atoms. The molecule has 1 fully saturated rings. The number of rotatable bonds is 3. The summed E-state index contributed by atoms with van der Waals surface area (Å²) in [6, 6.07) is 7.18. The number of aliphatic carboxylic acids is 1. The Labute approximate surface area is 117 Å². The largest absolute Gasteiger partial charge is 0.481 e. The average Bonchev–Trinajstić information content (AvgIpc) is 2.39. The van der Waals surface area contributed by atoms with Crippen molar-refractivity contribution in [3.05, 3.63) is 28.8 Å². The number of halogens is 1. The van der Waals surface area contributed by atoms with Gasteiger partial charge in [-0.3, -0.25) is 4.79 Å². The van der Waals surface area contributed by atoms with Crippen LogP contribution in [-0.4, -0.2) is 23.7 Å². The number of piperidine rings is 1. The minimum absolute atomic E-state index is 0.0170. The highest BCUT2D eigenvalue weighted by molar-refractivity contribution is 6.33. The second kappa shape index (κ2) is 5.94. The van der Waals surface area contributed by atoms with Crippen LogP contribution in [0.2, 0.25) is 5.02 Å². The number of carboxylic acids is 1. The zero-order chi connectivity index (χ0) is 13.8. The SMILES string of the molecule is N#Cc1ccc(N2CCCCC2CC(=O)O)c(Cl)c1. The molecule has 0 bridgehead atoms. The van der Waals surface area contributed by atoms with Crippen molar-refractivity contribution >= 4 is 23.3 Å². The molecule has 1 aromatic carbocycles. The van der Waals surface area contributed by atoms with Crippen LogP contribution in [-0.2, 0) is 4.79 Å². The Kier molecular flexibility index (Phi) is 4.28. The maximum absolute atomic E-state index is 10.9. The summed E-state index contributed by atoms with van der Waals surface area (Å²) in [5, 5.41) is 18.3. The van der Waals surface area contributed by atoms with Crippen molar-refractivity contribution in [3.63, 3.8) is 0 Å². The Morgan fingerprint density at radius 1 is 1.53 bits per heavy atom. The summed E-state index contributed by atoms with van der Waals surface area (Å²) in [4.78, 5) is 13.0. The van der Waals surface area contributed by atoms with Crippen LogP contribution >= 0.6 is 11.6 Å². The van der Waals surface area contributed by atoms with Gasteiger partial charge in [-0.15, -0.1) is 0 Å². The van der Waals surface area contributed by atoms with E-state index in [0.29, 0.717) is 10.6 Å². The molecule has 1 aliphatic rings. The summed E-state index contributed by atoms with van der Waals surface area (Å²) in [5.41, 5.74) is 1.34. The van der Waals surface area contributed by atoms with Gasteiger partial charge in [-0.25, -0.2) is 0 Å². The van der Waals surface area contributed by atoms with Gasteiger partial charge in [0.2, 0.25) is 0 Å². The first-order chi connectivity index (χ1) is 9.11. The van der Waals surface area contributed by atoms with E-state index in [1.807, 2.05) is 6.07 Å². The molecule has 0 amide bonds. The lowest BCUT2D eigenvalue weighted by Gasteiger charge is -2.37. The van der Waals surface area contributed by atoms with E-state index < -0.39 is 5.97 Å².